The van der Waals surface area contributed by atoms with Crippen LogP contribution in [0.3, 0.4) is 0 Å². The van der Waals surface area contributed by atoms with Gasteiger partial charge in [-0.05, 0) is 20.3 Å². The molecule has 0 aliphatic carbocycles. The second kappa shape index (κ2) is 6.41. The van der Waals surface area contributed by atoms with E-state index in [9.17, 15) is 9.90 Å². The van der Waals surface area contributed by atoms with E-state index in [4.69, 9.17) is 28.9 Å². The summed E-state index contributed by atoms with van der Waals surface area (Å²) in [5.41, 5.74) is 6.49. The molecule has 1 amide bonds. The number of aliphatic hydroxyl groups is 1. The highest BCUT2D eigenvalue weighted by Crippen LogP contribution is 2.30. The summed E-state index contributed by atoms with van der Waals surface area (Å²) >= 11 is 12.2. The van der Waals surface area contributed by atoms with Crippen molar-refractivity contribution in [2.24, 2.45) is 10.7 Å². The first-order valence-corrected chi connectivity index (χ1v) is 6.58. The Morgan fingerprint density at radius 2 is 2.11 bits per heavy atom. The van der Waals surface area contributed by atoms with E-state index in [0.717, 1.165) is 0 Å². The number of halogens is 2. The van der Waals surface area contributed by atoms with Crippen LogP contribution >= 0.6 is 23.2 Å². The molecule has 7 heteroatoms. The van der Waals surface area contributed by atoms with E-state index in [1.807, 2.05) is 6.92 Å². The quantitative estimate of drug-likeness (QED) is 0.832. The highest BCUT2D eigenvalue weighted by molar-refractivity contribution is 6.40. The predicted octanol–water partition coefficient (Wildman–Crippen LogP) is 1.90. The summed E-state index contributed by atoms with van der Waals surface area (Å²) in [7, 11) is 0. The monoisotopic (exact) mass is 305 g/mol. The van der Waals surface area contributed by atoms with Gasteiger partial charge in [-0.3, -0.25) is 4.79 Å². The van der Waals surface area contributed by atoms with E-state index >= 15 is 0 Å². The van der Waals surface area contributed by atoms with Crippen molar-refractivity contribution in [2.45, 2.75) is 33.4 Å². The number of amidine groups is 1. The Morgan fingerprint density at radius 3 is 2.58 bits per heavy atom. The van der Waals surface area contributed by atoms with Crippen molar-refractivity contribution in [1.82, 2.24) is 4.90 Å². The second-order valence-electron chi connectivity index (χ2n) is 4.20. The van der Waals surface area contributed by atoms with Crippen LogP contribution in [0, 0.1) is 0 Å². The standard InChI is InChI=1S/C12H17Cl2N3O2/c1-4-9(13)10(14)8-5-17(12(19)11(15)18)7(3)16-6(8)2/h12,19H,4-5H2,1-3H3,(H2,15,18)/b10-9-. The smallest absolute Gasteiger partial charge is 0.267 e. The zero-order chi connectivity index (χ0) is 14.7. The van der Waals surface area contributed by atoms with Crippen LogP contribution in [0.4, 0.5) is 0 Å². The molecule has 0 saturated heterocycles. The lowest BCUT2D eigenvalue weighted by molar-refractivity contribution is -0.132. The molecule has 19 heavy (non-hydrogen) atoms. The van der Waals surface area contributed by atoms with Gasteiger partial charge in [0.2, 0.25) is 6.23 Å². The highest BCUT2D eigenvalue weighted by atomic mass is 35.5. The molecule has 0 spiro atoms. The van der Waals surface area contributed by atoms with Gasteiger partial charge in [-0.25, -0.2) is 4.99 Å². The van der Waals surface area contributed by atoms with Gasteiger partial charge in [0.25, 0.3) is 5.91 Å². The van der Waals surface area contributed by atoms with Gasteiger partial charge in [0.05, 0.1) is 11.6 Å². The van der Waals surface area contributed by atoms with E-state index in [2.05, 4.69) is 4.99 Å². The molecular formula is C12H17Cl2N3O2. The first kappa shape index (κ1) is 16.0. The maximum Gasteiger partial charge on any atom is 0.267 e. The first-order chi connectivity index (χ1) is 8.79. The summed E-state index contributed by atoms with van der Waals surface area (Å²) in [5.74, 6) is -0.334. The molecule has 1 rings (SSSR count). The SMILES string of the molecule is CC/C(Cl)=C(/Cl)C1=C(C)N=C(C)N(C(O)C(N)=O)C1. The molecule has 0 aromatic rings. The number of carbonyl (C=O) groups is 1. The van der Waals surface area contributed by atoms with Gasteiger partial charge < -0.3 is 15.7 Å². The van der Waals surface area contributed by atoms with E-state index in [-0.39, 0.29) is 6.54 Å². The number of aliphatic imine (C=N–C) groups is 1. The number of primary amides is 1. The summed E-state index contributed by atoms with van der Waals surface area (Å²) in [6, 6.07) is 0. The summed E-state index contributed by atoms with van der Waals surface area (Å²) in [6.45, 7) is 5.61. The highest BCUT2D eigenvalue weighted by Gasteiger charge is 2.28. The number of rotatable bonds is 4. The minimum absolute atomic E-state index is 0.236. The van der Waals surface area contributed by atoms with Crippen molar-refractivity contribution in [3.8, 4) is 0 Å². The van der Waals surface area contributed by atoms with Crippen LogP contribution in [-0.4, -0.2) is 34.5 Å². The number of allylic oxidation sites excluding steroid dienone is 2. The van der Waals surface area contributed by atoms with Gasteiger partial charge >= 0.3 is 0 Å². The van der Waals surface area contributed by atoms with Crippen molar-refractivity contribution in [3.05, 3.63) is 21.3 Å². The molecule has 1 unspecified atom stereocenters. The number of aliphatic hydroxyl groups excluding tert-OH is 1. The van der Waals surface area contributed by atoms with Gasteiger partial charge in [-0.2, -0.15) is 0 Å². The van der Waals surface area contributed by atoms with E-state index < -0.39 is 12.1 Å². The fraction of sp³-hybridized carbons (Fsp3) is 0.500. The van der Waals surface area contributed by atoms with Crippen LogP contribution in [0.25, 0.3) is 0 Å². The molecule has 0 bridgehead atoms. The Hall–Kier alpha value is -1.04. The third-order valence-corrected chi connectivity index (χ3v) is 3.88. The number of carbonyl (C=O) groups excluding carboxylic acids is 1. The summed E-state index contributed by atoms with van der Waals surface area (Å²) in [6.07, 6.45) is -0.838. The van der Waals surface area contributed by atoms with Crippen LogP contribution in [0.5, 0.6) is 0 Å². The van der Waals surface area contributed by atoms with E-state index in [0.29, 0.717) is 33.6 Å². The molecular weight excluding hydrogens is 289 g/mol. The van der Waals surface area contributed by atoms with Crippen molar-refractivity contribution in [3.63, 3.8) is 0 Å². The third kappa shape index (κ3) is 3.49. The average Bonchev–Trinajstić information content (AvgIpc) is 2.36. The Morgan fingerprint density at radius 1 is 1.53 bits per heavy atom. The molecule has 1 aliphatic rings. The maximum atomic E-state index is 11.1. The molecule has 0 fully saturated rings. The van der Waals surface area contributed by atoms with Crippen molar-refractivity contribution >= 4 is 34.9 Å². The number of nitrogens with two attached hydrogens (primary N) is 1. The van der Waals surface area contributed by atoms with Gasteiger partial charge in [-0.1, -0.05) is 30.1 Å². The Bertz CT molecular complexity index is 483. The first-order valence-electron chi connectivity index (χ1n) is 5.83. The second-order valence-corrected chi connectivity index (χ2v) is 5.03. The lowest BCUT2D eigenvalue weighted by Crippen LogP contribution is -2.49. The fourth-order valence-corrected chi connectivity index (χ4v) is 2.18. The predicted molar refractivity (Wildman–Crippen MR) is 76.7 cm³/mol. The largest absolute Gasteiger partial charge is 0.366 e. The van der Waals surface area contributed by atoms with Crippen molar-refractivity contribution < 1.29 is 9.90 Å². The van der Waals surface area contributed by atoms with Crippen LogP contribution in [0.15, 0.2) is 26.3 Å². The van der Waals surface area contributed by atoms with Gasteiger partial charge in [-0.15, -0.1) is 0 Å². The van der Waals surface area contributed by atoms with E-state index in [1.54, 1.807) is 13.8 Å². The van der Waals surface area contributed by atoms with Gasteiger partial charge in [0.1, 0.15) is 5.84 Å². The molecule has 1 atom stereocenters. The summed E-state index contributed by atoms with van der Waals surface area (Å²) < 4.78 is 0. The molecule has 106 valence electrons. The zero-order valence-corrected chi connectivity index (χ0v) is 12.6. The van der Waals surface area contributed by atoms with Crippen LogP contribution in [0.1, 0.15) is 27.2 Å². The number of hydrogen-bond acceptors (Lipinski definition) is 4. The molecule has 1 heterocycles. The van der Waals surface area contributed by atoms with Crippen LogP contribution in [-0.2, 0) is 4.79 Å². The molecule has 1 aliphatic heterocycles. The lowest BCUT2D eigenvalue weighted by Gasteiger charge is -2.32. The number of nitrogens with zero attached hydrogens (tertiary/aromatic N) is 2. The van der Waals surface area contributed by atoms with Crippen molar-refractivity contribution in [1.29, 1.82) is 0 Å². The van der Waals surface area contributed by atoms with Crippen LogP contribution < -0.4 is 5.73 Å². The molecule has 0 radical (unpaired) electrons. The molecule has 0 aromatic heterocycles. The Balaban J connectivity index is 3.15. The van der Waals surface area contributed by atoms with Crippen LogP contribution in [0.2, 0.25) is 0 Å². The Labute approximate surface area is 122 Å². The molecule has 0 aromatic carbocycles. The molecule has 5 nitrogen and oxygen atoms in total. The lowest BCUT2D eigenvalue weighted by atomic mass is 10.1. The fourth-order valence-electron chi connectivity index (χ4n) is 1.74. The summed E-state index contributed by atoms with van der Waals surface area (Å²) in [4.78, 5) is 16.7. The minimum atomic E-state index is -1.43. The van der Waals surface area contributed by atoms with Gasteiger partial charge in [0.15, 0.2) is 0 Å². The number of amides is 1. The average molecular weight is 306 g/mol. The van der Waals surface area contributed by atoms with Gasteiger partial charge in [0, 0.05) is 16.3 Å². The zero-order valence-electron chi connectivity index (χ0n) is 11.1. The normalized spacial score (nSPS) is 19.1. The number of hydrogen-bond donors (Lipinski definition) is 2. The Kier molecular flexibility index (Phi) is 5.40. The topological polar surface area (TPSA) is 78.9 Å². The third-order valence-electron chi connectivity index (χ3n) is 2.87. The summed E-state index contributed by atoms with van der Waals surface area (Å²) in [5, 5.41) is 10.7. The van der Waals surface area contributed by atoms with Crippen molar-refractivity contribution in [2.75, 3.05) is 6.54 Å². The minimum Gasteiger partial charge on any atom is -0.366 e. The molecule has 3 N–H and O–H groups in total. The van der Waals surface area contributed by atoms with E-state index in [1.165, 1.54) is 4.90 Å². The maximum absolute atomic E-state index is 11.1. The molecule has 0 saturated carbocycles.